The lowest BCUT2D eigenvalue weighted by molar-refractivity contribution is -0.122. The molecule has 1 atom stereocenters. The van der Waals surface area contributed by atoms with Gasteiger partial charge in [-0.2, -0.15) is 0 Å². The van der Waals surface area contributed by atoms with Crippen molar-refractivity contribution >= 4 is 5.78 Å². The maximum Gasteiger partial charge on any atom is 0.141 e. The number of carbonyl (C=O) groups excluding carboxylic acids is 1. The summed E-state index contributed by atoms with van der Waals surface area (Å²) in [5.41, 5.74) is 9.67. The Labute approximate surface area is 103 Å². The normalized spacial score (nSPS) is 15.6. The third kappa shape index (κ3) is 2.75. The molecule has 2 nitrogen and oxygen atoms in total. The van der Waals surface area contributed by atoms with E-state index in [1.54, 1.807) is 0 Å². The summed E-state index contributed by atoms with van der Waals surface area (Å²) in [4.78, 5) is 12.0. The molecule has 2 heteroatoms. The van der Waals surface area contributed by atoms with E-state index >= 15 is 0 Å². The zero-order valence-electron chi connectivity index (χ0n) is 10.5. The lowest BCUT2D eigenvalue weighted by Crippen LogP contribution is -2.24. The number of ketones is 1. The van der Waals surface area contributed by atoms with Gasteiger partial charge in [0.1, 0.15) is 5.78 Å². The van der Waals surface area contributed by atoms with E-state index in [4.69, 9.17) is 5.73 Å². The average molecular weight is 231 g/mol. The van der Waals surface area contributed by atoms with Gasteiger partial charge < -0.3 is 5.73 Å². The van der Waals surface area contributed by atoms with Crippen LogP contribution >= 0.6 is 0 Å². The van der Waals surface area contributed by atoms with Gasteiger partial charge in [-0.3, -0.25) is 4.79 Å². The lowest BCUT2D eigenvalue weighted by atomic mass is 9.94. The summed E-state index contributed by atoms with van der Waals surface area (Å²) < 4.78 is 0. The van der Waals surface area contributed by atoms with Crippen molar-refractivity contribution in [2.45, 2.75) is 39.0 Å². The van der Waals surface area contributed by atoms with Gasteiger partial charge >= 0.3 is 0 Å². The molecule has 1 aliphatic rings. The second-order valence-corrected chi connectivity index (χ2v) is 4.94. The fourth-order valence-corrected chi connectivity index (χ4v) is 2.61. The van der Waals surface area contributed by atoms with Crippen LogP contribution in [0.3, 0.4) is 0 Å². The van der Waals surface area contributed by atoms with Crippen molar-refractivity contribution in [2.75, 3.05) is 6.54 Å². The van der Waals surface area contributed by atoms with E-state index in [2.05, 4.69) is 18.2 Å². The summed E-state index contributed by atoms with van der Waals surface area (Å²) in [6.07, 6.45) is 5.02. The molecular formula is C15H21NO. The van der Waals surface area contributed by atoms with E-state index in [1.807, 2.05) is 6.92 Å². The SMILES string of the molecule is CCC(CN)C(=O)Cc1ccc2c(c1)CCC2. The molecule has 2 N–H and O–H groups in total. The van der Waals surface area contributed by atoms with Gasteiger partial charge in [-0.15, -0.1) is 0 Å². The Morgan fingerprint density at radius 2 is 2.12 bits per heavy atom. The second-order valence-electron chi connectivity index (χ2n) is 4.94. The maximum atomic E-state index is 12.0. The van der Waals surface area contributed by atoms with Crippen molar-refractivity contribution in [1.29, 1.82) is 0 Å². The Kier molecular flexibility index (Phi) is 3.95. The molecule has 1 aromatic rings. The molecule has 0 saturated carbocycles. The summed E-state index contributed by atoms with van der Waals surface area (Å²) in [5, 5.41) is 0. The number of hydrogen-bond acceptors (Lipinski definition) is 2. The smallest absolute Gasteiger partial charge is 0.141 e. The first-order valence-electron chi connectivity index (χ1n) is 6.58. The second kappa shape index (κ2) is 5.46. The fraction of sp³-hybridized carbons (Fsp3) is 0.533. The van der Waals surface area contributed by atoms with E-state index in [1.165, 1.54) is 30.4 Å². The minimum absolute atomic E-state index is 0.0308. The van der Waals surface area contributed by atoms with Gasteiger partial charge in [-0.1, -0.05) is 25.1 Å². The van der Waals surface area contributed by atoms with Gasteiger partial charge in [0.05, 0.1) is 0 Å². The van der Waals surface area contributed by atoms with Crippen LogP contribution in [-0.4, -0.2) is 12.3 Å². The van der Waals surface area contributed by atoms with Crippen LogP contribution in [0.15, 0.2) is 18.2 Å². The molecule has 0 heterocycles. The Bertz CT molecular complexity index is 407. The highest BCUT2D eigenvalue weighted by Crippen LogP contribution is 2.23. The zero-order chi connectivity index (χ0) is 12.3. The molecular weight excluding hydrogens is 210 g/mol. The summed E-state index contributed by atoms with van der Waals surface area (Å²) in [6.45, 7) is 2.50. The zero-order valence-corrected chi connectivity index (χ0v) is 10.5. The molecule has 92 valence electrons. The fourth-order valence-electron chi connectivity index (χ4n) is 2.61. The van der Waals surface area contributed by atoms with Gasteiger partial charge in [0.2, 0.25) is 0 Å². The molecule has 0 radical (unpaired) electrons. The number of rotatable bonds is 5. The molecule has 0 aliphatic heterocycles. The van der Waals surface area contributed by atoms with Gasteiger partial charge in [0.15, 0.2) is 0 Å². The number of carbonyl (C=O) groups is 1. The van der Waals surface area contributed by atoms with E-state index in [9.17, 15) is 4.79 Å². The quantitative estimate of drug-likeness (QED) is 0.844. The number of fused-ring (bicyclic) bond motifs is 1. The minimum atomic E-state index is 0.0308. The molecule has 1 aromatic carbocycles. The van der Waals surface area contributed by atoms with E-state index in [0.29, 0.717) is 13.0 Å². The Balaban J connectivity index is 2.06. The molecule has 0 spiro atoms. The summed E-state index contributed by atoms with van der Waals surface area (Å²) in [7, 11) is 0. The van der Waals surface area contributed by atoms with Crippen molar-refractivity contribution in [2.24, 2.45) is 11.7 Å². The largest absolute Gasteiger partial charge is 0.330 e. The summed E-state index contributed by atoms with van der Waals surface area (Å²) in [6, 6.07) is 6.50. The van der Waals surface area contributed by atoms with E-state index in [0.717, 1.165) is 12.0 Å². The van der Waals surface area contributed by atoms with Gasteiger partial charge in [0.25, 0.3) is 0 Å². The number of hydrogen-bond donors (Lipinski definition) is 1. The van der Waals surface area contributed by atoms with Crippen molar-refractivity contribution in [1.82, 2.24) is 0 Å². The highest BCUT2D eigenvalue weighted by Gasteiger charge is 2.16. The molecule has 0 bridgehead atoms. The first kappa shape index (κ1) is 12.3. The maximum absolute atomic E-state index is 12.0. The third-order valence-corrected chi connectivity index (χ3v) is 3.77. The van der Waals surface area contributed by atoms with Crippen LogP contribution in [0.2, 0.25) is 0 Å². The van der Waals surface area contributed by atoms with Gasteiger partial charge in [-0.05, 0) is 42.4 Å². The Morgan fingerprint density at radius 3 is 2.82 bits per heavy atom. The molecule has 0 saturated heterocycles. The van der Waals surface area contributed by atoms with Crippen LogP contribution in [0.1, 0.15) is 36.5 Å². The predicted molar refractivity (Wildman–Crippen MR) is 70.0 cm³/mol. The molecule has 2 rings (SSSR count). The average Bonchev–Trinajstić information content (AvgIpc) is 2.77. The van der Waals surface area contributed by atoms with Crippen LogP contribution in [0, 0.1) is 5.92 Å². The van der Waals surface area contributed by atoms with Crippen molar-refractivity contribution in [3.63, 3.8) is 0 Å². The summed E-state index contributed by atoms with van der Waals surface area (Å²) in [5.74, 6) is 0.316. The topological polar surface area (TPSA) is 43.1 Å². The highest BCUT2D eigenvalue weighted by atomic mass is 16.1. The molecule has 0 amide bonds. The van der Waals surface area contributed by atoms with Crippen LogP contribution < -0.4 is 5.73 Å². The lowest BCUT2D eigenvalue weighted by Gasteiger charge is -2.11. The van der Waals surface area contributed by atoms with Crippen molar-refractivity contribution in [3.05, 3.63) is 34.9 Å². The van der Waals surface area contributed by atoms with E-state index < -0.39 is 0 Å². The molecule has 1 aliphatic carbocycles. The Morgan fingerprint density at radius 1 is 1.35 bits per heavy atom. The van der Waals surface area contributed by atoms with Gasteiger partial charge in [0, 0.05) is 18.9 Å². The third-order valence-electron chi connectivity index (χ3n) is 3.77. The summed E-state index contributed by atoms with van der Waals surface area (Å²) >= 11 is 0. The van der Waals surface area contributed by atoms with Crippen LogP contribution in [0.25, 0.3) is 0 Å². The first-order valence-corrected chi connectivity index (χ1v) is 6.58. The monoisotopic (exact) mass is 231 g/mol. The highest BCUT2D eigenvalue weighted by molar-refractivity contribution is 5.83. The Hall–Kier alpha value is -1.15. The minimum Gasteiger partial charge on any atom is -0.330 e. The van der Waals surface area contributed by atoms with Crippen LogP contribution in [0.5, 0.6) is 0 Å². The van der Waals surface area contributed by atoms with Gasteiger partial charge in [-0.25, -0.2) is 0 Å². The number of nitrogens with two attached hydrogens (primary N) is 1. The molecule has 17 heavy (non-hydrogen) atoms. The van der Waals surface area contributed by atoms with Crippen LogP contribution in [0.4, 0.5) is 0 Å². The van der Waals surface area contributed by atoms with Crippen molar-refractivity contribution < 1.29 is 4.79 Å². The standard InChI is InChI=1S/C15H21NO/c1-2-12(10-16)15(17)9-11-6-7-13-4-3-5-14(13)8-11/h6-8,12H,2-5,9-10,16H2,1H3. The predicted octanol–water partition coefficient (Wildman–Crippen LogP) is 2.27. The van der Waals surface area contributed by atoms with E-state index in [-0.39, 0.29) is 11.7 Å². The first-order chi connectivity index (χ1) is 8.24. The molecule has 0 fully saturated rings. The molecule has 1 unspecified atom stereocenters. The number of Topliss-reactive ketones (excluding diaryl/α,β-unsaturated/α-hetero) is 1. The number of benzene rings is 1. The molecule has 0 aromatic heterocycles. The number of aryl methyl sites for hydroxylation is 2. The van der Waals surface area contributed by atoms with Crippen LogP contribution in [-0.2, 0) is 24.1 Å². The van der Waals surface area contributed by atoms with Crippen molar-refractivity contribution in [3.8, 4) is 0 Å².